The van der Waals surface area contributed by atoms with Crippen LogP contribution < -0.4 is 5.32 Å². The van der Waals surface area contributed by atoms with Crippen LogP contribution in [0.25, 0.3) is 0 Å². The Kier molecular flexibility index (Phi) is 4.13. The minimum Gasteiger partial charge on any atom is -0.321 e. The van der Waals surface area contributed by atoms with Crippen molar-refractivity contribution in [2.75, 3.05) is 5.32 Å². The molecule has 0 aliphatic heterocycles. The summed E-state index contributed by atoms with van der Waals surface area (Å²) in [6.07, 6.45) is 0.773. The fourth-order valence-corrected chi connectivity index (χ4v) is 2.03. The lowest BCUT2D eigenvalue weighted by Crippen LogP contribution is -2.14. The van der Waals surface area contributed by atoms with Gasteiger partial charge in [0.25, 0.3) is 5.91 Å². The Bertz CT molecular complexity index is 653. The Morgan fingerprint density at radius 1 is 1.15 bits per heavy atom. The molecule has 0 aromatic heterocycles. The molecule has 0 bridgehead atoms. The molecule has 2 rings (SSSR count). The van der Waals surface area contributed by atoms with Crippen LogP contribution in [0.4, 0.5) is 14.5 Å². The monoisotopic (exact) mass is 275 g/mol. The van der Waals surface area contributed by atoms with Gasteiger partial charge in [-0.05, 0) is 42.7 Å². The van der Waals surface area contributed by atoms with Gasteiger partial charge < -0.3 is 5.32 Å². The summed E-state index contributed by atoms with van der Waals surface area (Å²) in [5.41, 5.74) is 2.75. The number of hydrogen-bond acceptors (Lipinski definition) is 1. The van der Waals surface area contributed by atoms with Crippen LogP contribution in [0.5, 0.6) is 0 Å². The van der Waals surface area contributed by atoms with Gasteiger partial charge in [-0.3, -0.25) is 4.79 Å². The van der Waals surface area contributed by atoms with Crippen LogP contribution in [0.2, 0.25) is 0 Å². The van der Waals surface area contributed by atoms with E-state index in [0.29, 0.717) is 0 Å². The lowest BCUT2D eigenvalue weighted by molar-refractivity contribution is 0.102. The molecule has 0 saturated heterocycles. The number of nitrogens with one attached hydrogen (secondary N) is 1. The summed E-state index contributed by atoms with van der Waals surface area (Å²) in [6.45, 7) is 3.88. The van der Waals surface area contributed by atoms with Gasteiger partial charge >= 0.3 is 0 Å². The second-order valence-corrected chi connectivity index (χ2v) is 4.55. The molecule has 2 aromatic carbocycles. The molecule has 0 aliphatic rings. The van der Waals surface area contributed by atoms with Crippen LogP contribution in [-0.2, 0) is 6.42 Å². The standard InChI is InChI=1S/C16H15F2NO/c1-3-11-6-4-5-10(2)15(11)19-16(20)12-7-8-13(17)14(18)9-12/h4-9H,3H2,1-2H3,(H,19,20). The van der Waals surface area contributed by atoms with Crippen molar-refractivity contribution in [2.45, 2.75) is 20.3 Å². The number of amides is 1. The normalized spacial score (nSPS) is 10.4. The average molecular weight is 275 g/mol. The zero-order valence-corrected chi connectivity index (χ0v) is 11.3. The van der Waals surface area contributed by atoms with Gasteiger partial charge in [0.05, 0.1) is 0 Å². The third kappa shape index (κ3) is 2.85. The van der Waals surface area contributed by atoms with Crippen LogP contribution in [0.3, 0.4) is 0 Å². The predicted molar refractivity (Wildman–Crippen MR) is 74.9 cm³/mol. The van der Waals surface area contributed by atoms with E-state index in [2.05, 4.69) is 5.32 Å². The van der Waals surface area contributed by atoms with Gasteiger partial charge in [0.2, 0.25) is 0 Å². The highest BCUT2D eigenvalue weighted by atomic mass is 19.2. The largest absolute Gasteiger partial charge is 0.321 e. The number of rotatable bonds is 3. The summed E-state index contributed by atoms with van der Waals surface area (Å²) in [6, 6.07) is 8.84. The van der Waals surface area contributed by atoms with Crippen LogP contribution in [0.1, 0.15) is 28.4 Å². The molecule has 0 heterocycles. The van der Waals surface area contributed by atoms with E-state index < -0.39 is 17.5 Å². The Morgan fingerprint density at radius 2 is 1.90 bits per heavy atom. The van der Waals surface area contributed by atoms with Gasteiger partial charge in [0.15, 0.2) is 11.6 Å². The highest BCUT2D eigenvalue weighted by Crippen LogP contribution is 2.22. The Hall–Kier alpha value is -2.23. The lowest BCUT2D eigenvalue weighted by atomic mass is 10.1. The van der Waals surface area contributed by atoms with Crippen LogP contribution in [0.15, 0.2) is 36.4 Å². The topological polar surface area (TPSA) is 29.1 Å². The molecule has 0 saturated carbocycles. The SMILES string of the molecule is CCc1cccc(C)c1NC(=O)c1ccc(F)c(F)c1. The summed E-state index contributed by atoms with van der Waals surface area (Å²) in [4.78, 5) is 12.1. The molecule has 1 amide bonds. The molecule has 20 heavy (non-hydrogen) atoms. The van der Waals surface area contributed by atoms with Gasteiger partial charge in [-0.2, -0.15) is 0 Å². The summed E-state index contributed by atoms with van der Waals surface area (Å²) in [5.74, 6) is -2.45. The van der Waals surface area contributed by atoms with Crippen LogP contribution >= 0.6 is 0 Å². The van der Waals surface area contributed by atoms with Crippen molar-refractivity contribution in [3.63, 3.8) is 0 Å². The van der Waals surface area contributed by atoms with Gasteiger partial charge in [0.1, 0.15) is 0 Å². The summed E-state index contributed by atoms with van der Waals surface area (Å²) >= 11 is 0. The molecule has 104 valence electrons. The van der Waals surface area contributed by atoms with E-state index in [9.17, 15) is 13.6 Å². The fraction of sp³-hybridized carbons (Fsp3) is 0.188. The molecule has 0 radical (unpaired) electrons. The van der Waals surface area contributed by atoms with E-state index in [-0.39, 0.29) is 5.56 Å². The molecule has 0 unspecified atom stereocenters. The minimum absolute atomic E-state index is 0.0919. The second-order valence-electron chi connectivity index (χ2n) is 4.55. The minimum atomic E-state index is -1.03. The van der Waals surface area contributed by atoms with Crippen molar-refractivity contribution >= 4 is 11.6 Å². The number of benzene rings is 2. The predicted octanol–water partition coefficient (Wildman–Crippen LogP) is 4.09. The number of para-hydroxylation sites is 1. The van der Waals surface area contributed by atoms with E-state index in [1.165, 1.54) is 6.07 Å². The molecule has 0 spiro atoms. The molecule has 0 atom stereocenters. The number of aryl methyl sites for hydroxylation is 2. The zero-order valence-electron chi connectivity index (χ0n) is 11.3. The molecular weight excluding hydrogens is 260 g/mol. The molecule has 0 fully saturated rings. The smallest absolute Gasteiger partial charge is 0.255 e. The summed E-state index contributed by atoms with van der Waals surface area (Å²) in [5, 5.41) is 2.76. The molecular formula is C16H15F2NO. The van der Waals surface area contributed by atoms with Crippen molar-refractivity contribution in [3.8, 4) is 0 Å². The van der Waals surface area contributed by atoms with E-state index in [0.717, 1.165) is 35.4 Å². The fourth-order valence-electron chi connectivity index (χ4n) is 2.03. The van der Waals surface area contributed by atoms with Crippen molar-refractivity contribution in [2.24, 2.45) is 0 Å². The quantitative estimate of drug-likeness (QED) is 0.898. The van der Waals surface area contributed by atoms with E-state index in [1.807, 2.05) is 32.0 Å². The van der Waals surface area contributed by atoms with Gasteiger partial charge in [0, 0.05) is 11.3 Å². The molecule has 2 aromatic rings. The van der Waals surface area contributed by atoms with E-state index in [4.69, 9.17) is 0 Å². The highest BCUT2D eigenvalue weighted by Gasteiger charge is 2.12. The maximum atomic E-state index is 13.1. The summed E-state index contributed by atoms with van der Waals surface area (Å²) < 4.78 is 26.0. The Morgan fingerprint density at radius 3 is 2.55 bits per heavy atom. The van der Waals surface area contributed by atoms with E-state index >= 15 is 0 Å². The lowest BCUT2D eigenvalue weighted by Gasteiger charge is -2.13. The number of anilines is 1. The number of halogens is 2. The second kappa shape index (κ2) is 5.82. The van der Waals surface area contributed by atoms with Crippen LogP contribution in [-0.4, -0.2) is 5.91 Å². The third-order valence-corrected chi connectivity index (χ3v) is 3.16. The highest BCUT2D eigenvalue weighted by molar-refractivity contribution is 6.05. The van der Waals surface area contributed by atoms with Crippen molar-refractivity contribution in [1.29, 1.82) is 0 Å². The number of carbonyl (C=O) groups is 1. The van der Waals surface area contributed by atoms with Crippen LogP contribution in [0, 0.1) is 18.6 Å². The maximum Gasteiger partial charge on any atom is 0.255 e. The zero-order chi connectivity index (χ0) is 14.7. The Labute approximate surface area is 116 Å². The average Bonchev–Trinajstić information content (AvgIpc) is 2.44. The number of hydrogen-bond donors (Lipinski definition) is 1. The number of carbonyl (C=O) groups excluding carboxylic acids is 1. The van der Waals surface area contributed by atoms with Gasteiger partial charge in [-0.1, -0.05) is 25.1 Å². The first kappa shape index (κ1) is 14.2. The molecule has 2 nitrogen and oxygen atoms in total. The summed E-state index contributed by atoms with van der Waals surface area (Å²) in [7, 11) is 0. The molecule has 1 N–H and O–H groups in total. The van der Waals surface area contributed by atoms with E-state index in [1.54, 1.807) is 0 Å². The van der Waals surface area contributed by atoms with Gasteiger partial charge in [-0.25, -0.2) is 8.78 Å². The molecule has 0 aliphatic carbocycles. The first-order valence-electron chi connectivity index (χ1n) is 6.37. The van der Waals surface area contributed by atoms with Gasteiger partial charge in [-0.15, -0.1) is 0 Å². The molecule has 4 heteroatoms. The van der Waals surface area contributed by atoms with Crippen molar-refractivity contribution < 1.29 is 13.6 Å². The van der Waals surface area contributed by atoms with Crippen molar-refractivity contribution in [3.05, 3.63) is 64.7 Å². The maximum absolute atomic E-state index is 13.1. The first-order valence-corrected chi connectivity index (χ1v) is 6.37. The Balaban J connectivity index is 2.30. The third-order valence-electron chi connectivity index (χ3n) is 3.16. The first-order chi connectivity index (χ1) is 9.52. The van der Waals surface area contributed by atoms with Crippen molar-refractivity contribution in [1.82, 2.24) is 0 Å².